The molecule has 1 N–H and O–H groups in total. The van der Waals surface area contributed by atoms with E-state index in [0.717, 1.165) is 12.0 Å². The lowest BCUT2D eigenvalue weighted by Gasteiger charge is -2.06. The Morgan fingerprint density at radius 1 is 1.07 bits per heavy atom. The van der Waals surface area contributed by atoms with Crippen molar-refractivity contribution >= 4 is 34.1 Å². The van der Waals surface area contributed by atoms with Crippen molar-refractivity contribution in [2.75, 3.05) is 13.2 Å². The number of nitrogens with zero attached hydrogens (tertiary/aromatic N) is 1. The molecule has 0 saturated carbocycles. The maximum absolute atomic E-state index is 12.4. The summed E-state index contributed by atoms with van der Waals surface area (Å²) in [4.78, 5) is 25.5. The van der Waals surface area contributed by atoms with E-state index in [0.29, 0.717) is 28.8 Å². The number of ether oxygens (including phenoxy) is 1. The van der Waals surface area contributed by atoms with Gasteiger partial charge in [-0.25, -0.2) is 4.79 Å². The molecule has 29 heavy (non-hydrogen) atoms. The molecule has 0 aliphatic rings. The van der Waals surface area contributed by atoms with Crippen molar-refractivity contribution in [2.24, 2.45) is 0 Å². The summed E-state index contributed by atoms with van der Waals surface area (Å²) in [7, 11) is 0. The van der Waals surface area contributed by atoms with Gasteiger partial charge in [0.05, 0.1) is 10.9 Å². The van der Waals surface area contributed by atoms with Crippen LogP contribution >= 0.6 is 11.3 Å². The Labute approximate surface area is 171 Å². The number of aromatic nitrogens is 1. The summed E-state index contributed by atoms with van der Waals surface area (Å²) >= 11 is 1.64. The highest BCUT2D eigenvalue weighted by Gasteiger charge is 2.15. The molecule has 1 amide bonds. The normalized spacial score (nSPS) is 10.8. The summed E-state index contributed by atoms with van der Waals surface area (Å²) in [6.45, 7) is 0.181. The van der Waals surface area contributed by atoms with Crippen molar-refractivity contribution in [3.63, 3.8) is 0 Å². The van der Waals surface area contributed by atoms with Gasteiger partial charge in [-0.1, -0.05) is 41.6 Å². The fraction of sp³-hybridized carbons (Fsp3) is 0.136. The minimum Gasteiger partial charge on any atom is -0.452 e. The van der Waals surface area contributed by atoms with Gasteiger partial charge in [0.2, 0.25) is 0 Å². The molecule has 4 aromatic rings. The molecule has 0 aliphatic heterocycles. The summed E-state index contributed by atoms with van der Waals surface area (Å²) in [6, 6.07) is 18.5. The van der Waals surface area contributed by atoms with E-state index >= 15 is 0 Å². The third-order valence-electron chi connectivity index (χ3n) is 4.36. The van der Waals surface area contributed by atoms with E-state index in [9.17, 15) is 9.59 Å². The first-order chi connectivity index (χ1) is 14.2. The van der Waals surface area contributed by atoms with Gasteiger partial charge in [0.25, 0.3) is 5.91 Å². The van der Waals surface area contributed by atoms with Crippen molar-refractivity contribution < 1.29 is 18.8 Å². The van der Waals surface area contributed by atoms with Crippen molar-refractivity contribution in [3.05, 3.63) is 76.5 Å². The number of thiophene rings is 1. The molecule has 0 unspecified atom stereocenters. The molecule has 7 heteroatoms. The average Bonchev–Trinajstić information content (AvgIpc) is 3.42. The Balaban J connectivity index is 1.37. The molecule has 0 fully saturated rings. The Bertz CT molecular complexity index is 1120. The second kappa shape index (κ2) is 8.70. The van der Waals surface area contributed by atoms with E-state index in [2.05, 4.69) is 10.5 Å². The number of carbonyl (C=O) groups is 2. The van der Waals surface area contributed by atoms with Gasteiger partial charge in [-0.3, -0.25) is 4.79 Å². The van der Waals surface area contributed by atoms with Crippen molar-refractivity contribution in [2.45, 2.75) is 6.42 Å². The van der Waals surface area contributed by atoms with Crippen LogP contribution in [-0.4, -0.2) is 30.2 Å². The highest BCUT2D eigenvalue weighted by atomic mass is 32.1. The largest absolute Gasteiger partial charge is 0.452 e. The van der Waals surface area contributed by atoms with E-state index < -0.39 is 5.97 Å². The highest BCUT2D eigenvalue weighted by Crippen LogP contribution is 2.29. The Morgan fingerprint density at radius 2 is 1.93 bits per heavy atom. The fourth-order valence-corrected chi connectivity index (χ4v) is 3.62. The number of benzene rings is 2. The fourth-order valence-electron chi connectivity index (χ4n) is 2.91. The van der Waals surface area contributed by atoms with Crippen LogP contribution in [0.2, 0.25) is 0 Å². The third-order valence-corrected chi connectivity index (χ3v) is 5.29. The average molecular weight is 406 g/mol. The SMILES string of the molecule is O=C(COC(=O)c1ccc2noc(-c3ccccc3)c2c1)NCCc1cccs1. The summed E-state index contributed by atoms with van der Waals surface area (Å²) in [6.07, 6.45) is 0.754. The molecule has 2 aromatic heterocycles. The lowest BCUT2D eigenvalue weighted by molar-refractivity contribution is -0.124. The molecular formula is C22H18N2O4S. The minimum atomic E-state index is -0.569. The molecule has 0 spiro atoms. The number of hydrogen-bond donors (Lipinski definition) is 1. The Morgan fingerprint density at radius 3 is 2.72 bits per heavy atom. The summed E-state index contributed by atoms with van der Waals surface area (Å²) < 4.78 is 10.6. The predicted octanol–water partition coefficient (Wildman–Crippen LogP) is 4.07. The Kier molecular flexibility index (Phi) is 5.67. The smallest absolute Gasteiger partial charge is 0.338 e. The zero-order valence-electron chi connectivity index (χ0n) is 15.5. The molecule has 146 valence electrons. The minimum absolute atomic E-state index is 0.323. The molecular weight excluding hydrogens is 388 g/mol. The number of rotatable bonds is 7. The van der Waals surface area contributed by atoms with Crippen LogP contribution in [0.15, 0.2) is 70.6 Å². The lowest BCUT2D eigenvalue weighted by Crippen LogP contribution is -2.30. The highest BCUT2D eigenvalue weighted by molar-refractivity contribution is 7.09. The Hall–Kier alpha value is -3.45. The van der Waals surface area contributed by atoms with Crippen molar-refractivity contribution in [3.8, 4) is 11.3 Å². The van der Waals surface area contributed by atoms with Crippen molar-refractivity contribution in [1.82, 2.24) is 10.5 Å². The molecule has 0 radical (unpaired) electrons. The van der Waals surface area contributed by atoms with E-state index in [1.165, 1.54) is 4.88 Å². The van der Waals surface area contributed by atoms with Gasteiger partial charge >= 0.3 is 5.97 Å². The van der Waals surface area contributed by atoms with E-state index in [1.807, 2.05) is 47.8 Å². The van der Waals surface area contributed by atoms with Crippen LogP contribution in [0.3, 0.4) is 0 Å². The van der Waals surface area contributed by atoms with Crippen molar-refractivity contribution in [1.29, 1.82) is 0 Å². The second-order valence-corrected chi connectivity index (χ2v) is 7.40. The number of amides is 1. The zero-order valence-corrected chi connectivity index (χ0v) is 16.3. The summed E-state index contributed by atoms with van der Waals surface area (Å²) in [5.41, 5.74) is 1.85. The summed E-state index contributed by atoms with van der Waals surface area (Å²) in [5, 5.41) is 9.49. The van der Waals surface area contributed by atoms with E-state index in [4.69, 9.17) is 9.26 Å². The second-order valence-electron chi connectivity index (χ2n) is 6.37. The molecule has 0 bridgehead atoms. The van der Waals surface area contributed by atoms with Crippen LogP contribution in [-0.2, 0) is 16.0 Å². The van der Waals surface area contributed by atoms with Gasteiger partial charge < -0.3 is 14.6 Å². The number of fused-ring (bicyclic) bond motifs is 1. The van der Waals surface area contributed by atoms with Gasteiger partial charge in [-0.15, -0.1) is 11.3 Å². The topological polar surface area (TPSA) is 81.4 Å². The number of hydrogen-bond acceptors (Lipinski definition) is 6. The maximum Gasteiger partial charge on any atom is 0.338 e. The zero-order chi connectivity index (χ0) is 20.1. The van der Waals surface area contributed by atoms with Crippen LogP contribution in [0.1, 0.15) is 15.2 Å². The predicted molar refractivity (Wildman–Crippen MR) is 111 cm³/mol. The first-order valence-corrected chi connectivity index (χ1v) is 10.00. The third kappa shape index (κ3) is 4.52. The number of nitrogens with one attached hydrogen (secondary N) is 1. The van der Waals surface area contributed by atoms with E-state index in [1.54, 1.807) is 29.5 Å². The lowest BCUT2D eigenvalue weighted by atomic mass is 10.1. The van der Waals surface area contributed by atoms with Gasteiger partial charge in [-0.2, -0.15) is 0 Å². The first-order valence-electron chi connectivity index (χ1n) is 9.12. The van der Waals surface area contributed by atoms with Gasteiger partial charge in [-0.05, 0) is 36.1 Å². The molecule has 0 atom stereocenters. The first kappa shape index (κ1) is 18.9. The number of carbonyl (C=O) groups excluding carboxylic acids is 2. The molecule has 6 nitrogen and oxygen atoms in total. The number of esters is 1. The standard InChI is InChI=1S/C22H18N2O4S/c25-20(23-11-10-17-7-4-12-29-17)14-27-22(26)16-8-9-19-18(13-16)21(28-24-19)15-5-2-1-3-6-15/h1-9,12-13H,10-11,14H2,(H,23,25). The van der Waals surface area contributed by atoms with Crippen LogP contribution in [0, 0.1) is 0 Å². The quantitative estimate of drug-likeness (QED) is 0.468. The van der Waals surface area contributed by atoms with Crippen LogP contribution < -0.4 is 5.32 Å². The van der Waals surface area contributed by atoms with Crippen LogP contribution in [0.5, 0.6) is 0 Å². The summed E-state index contributed by atoms with van der Waals surface area (Å²) in [5.74, 6) is -0.312. The maximum atomic E-state index is 12.4. The molecule has 2 heterocycles. The van der Waals surface area contributed by atoms with Gasteiger partial charge in [0, 0.05) is 17.0 Å². The molecule has 2 aromatic carbocycles. The van der Waals surface area contributed by atoms with E-state index in [-0.39, 0.29) is 12.5 Å². The molecule has 0 saturated heterocycles. The van der Waals surface area contributed by atoms with Crippen LogP contribution in [0.4, 0.5) is 0 Å². The van der Waals surface area contributed by atoms with Crippen LogP contribution in [0.25, 0.3) is 22.2 Å². The molecule has 4 rings (SSSR count). The van der Waals surface area contributed by atoms with Gasteiger partial charge in [0.1, 0.15) is 5.52 Å². The monoisotopic (exact) mass is 406 g/mol. The molecule has 0 aliphatic carbocycles. The van der Waals surface area contributed by atoms with Gasteiger partial charge in [0.15, 0.2) is 12.4 Å².